The van der Waals surface area contributed by atoms with Gasteiger partial charge in [0.1, 0.15) is 5.75 Å². The summed E-state index contributed by atoms with van der Waals surface area (Å²) >= 11 is 0. The second kappa shape index (κ2) is 6.56. The molecular formula is C14H22N2O3S. The molecular weight excluding hydrogens is 276 g/mol. The van der Waals surface area contributed by atoms with E-state index in [4.69, 9.17) is 10.6 Å². The molecule has 0 aromatic heterocycles. The number of rotatable bonds is 6. The van der Waals surface area contributed by atoms with Crippen LogP contribution in [-0.4, -0.2) is 33.1 Å². The van der Waals surface area contributed by atoms with Gasteiger partial charge in [0, 0.05) is 6.04 Å². The lowest BCUT2D eigenvalue weighted by Gasteiger charge is -2.20. The van der Waals surface area contributed by atoms with E-state index < -0.39 is 9.84 Å². The van der Waals surface area contributed by atoms with Crippen molar-refractivity contribution in [3.05, 3.63) is 29.8 Å². The molecule has 1 aromatic carbocycles. The molecule has 1 fully saturated rings. The molecule has 0 saturated carbocycles. The molecule has 0 spiro atoms. The van der Waals surface area contributed by atoms with E-state index in [1.165, 1.54) is 0 Å². The van der Waals surface area contributed by atoms with Crippen molar-refractivity contribution < 1.29 is 13.2 Å². The summed E-state index contributed by atoms with van der Waals surface area (Å²) in [5.74, 6) is 7.26. The Bertz CT molecular complexity index is 545. The van der Waals surface area contributed by atoms with Crippen LogP contribution >= 0.6 is 0 Å². The van der Waals surface area contributed by atoms with Crippen LogP contribution < -0.4 is 16.0 Å². The maximum Gasteiger partial charge on any atom is 0.150 e. The van der Waals surface area contributed by atoms with Gasteiger partial charge in [-0.25, -0.2) is 8.42 Å². The second-order valence-corrected chi connectivity index (χ2v) is 7.61. The van der Waals surface area contributed by atoms with E-state index in [0.717, 1.165) is 30.6 Å². The summed E-state index contributed by atoms with van der Waals surface area (Å²) < 4.78 is 28.3. The van der Waals surface area contributed by atoms with Crippen LogP contribution in [0, 0.1) is 5.92 Å². The van der Waals surface area contributed by atoms with E-state index in [1.807, 2.05) is 24.3 Å². The van der Waals surface area contributed by atoms with Crippen molar-refractivity contribution in [2.75, 3.05) is 18.6 Å². The quantitative estimate of drug-likeness (QED) is 0.602. The van der Waals surface area contributed by atoms with Crippen LogP contribution in [0.1, 0.15) is 18.4 Å². The Morgan fingerprint density at radius 2 is 2.20 bits per heavy atom. The van der Waals surface area contributed by atoms with Crippen LogP contribution in [0.25, 0.3) is 0 Å². The molecule has 3 N–H and O–H groups in total. The zero-order chi connectivity index (χ0) is 14.6. The number of hydrogen-bond donors (Lipinski definition) is 2. The predicted molar refractivity (Wildman–Crippen MR) is 79.2 cm³/mol. The molecule has 0 amide bonds. The fourth-order valence-electron chi connectivity index (χ4n) is 2.81. The first-order valence-corrected chi connectivity index (χ1v) is 8.64. The second-order valence-electron chi connectivity index (χ2n) is 5.38. The minimum absolute atomic E-state index is 0.0598. The number of methoxy groups -OCH3 is 1. The maximum absolute atomic E-state index is 11.5. The Hall–Kier alpha value is -1.11. The van der Waals surface area contributed by atoms with Crippen LogP contribution in [0.3, 0.4) is 0 Å². The van der Waals surface area contributed by atoms with E-state index in [9.17, 15) is 8.42 Å². The molecule has 0 bridgehead atoms. The van der Waals surface area contributed by atoms with Gasteiger partial charge in [0.15, 0.2) is 9.84 Å². The lowest BCUT2D eigenvalue weighted by Crippen LogP contribution is -2.38. The third-order valence-electron chi connectivity index (χ3n) is 3.84. The summed E-state index contributed by atoms with van der Waals surface area (Å²) in [6.07, 6.45) is 2.25. The number of nitrogens with one attached hydrogen (secondary N) is 1. The Morgan fingerprint density at radius 3 is 2.80 bits per heavy atom. The Balaban J connectivity index is 1.99. The van der Waals surface area contributed by atoms with Crippen molar-refractivity contribution in [3.8, 4) is 5.75 Å². The number of nitrogens with two attached hydrogens (primary N) is 1. The van der Waals surface area contributed by atoms with Crippen LogP contribution in [-0.2, 0) is 16.3 Å². The smallest absolute Gasteiger partial charge is 0.150 e. The van der Waals surface area contributed by atoms with Crippen LogP contribution in [0.15, 0.2) is 24.3 Å². The van der Waals surface area contributed by atoms with Crippen molar-refractivity contribution in [3.63, 3.8) is 0 Å². The predicted octanol–water partition coefficient (Wildman–Crippen LogP) is 0.894. The highest BCUT2D eigenvalue weighted by Gasteiger charge is 2.29. The lowest BCUT2D eigenvalue weighted by atomic mass is 9.95. The van der Waals surface area contributed by atoms with Gasteiger partial charge < -0.3 is 4.74 Å². The molecule has 1 aliphatic heterocycles. The molecule has 1 saturated heterocycles. The Labute approximate surface area is 120 Å². The van der Waals surface area contributed by atoms with E-state index >= 15 is 0 Å². The number of sulfone groups is 1. The van der Waals surface area contributed by atoms with Gasteiger partial charge in [0.2, 0.25) is 0 Å². The molecule has 0 radical (unpaired) electrons. The van der Waals surface area contributed by atoms with E-state index in [0.29, 0.717) is 5.75 Å². The van der Waals surface area contributed by atoms with Crippen molar-refractivity contribution in [1.29, 1.82) is 0 Å². The topological polar surface area (TPSA) is 81.4 Å². The molecule has 112 valence electrons. The van der Waals surface area contributed by atoms with Crippen molar-refractivity contribution in [2.45, 2.75) is 25.3 Å². The van der Waals surface area contributed by atoms with E-state index in [2.05, 4.69) is 5.43 Å². The Kier molecular flexibility index (Phi) is 5.01. The monoisotopic (exact) mass is 298 g/mol. The van der Waals surface area contributed by atoms with Crippen molar-refractivity contribution in [2.24, 2.45) is 11.8 Å². The average molecular weight is 298 g/mol. The van der Waals surface area contributed by atoms with Gasteiger partial charge >= 0.3 is 0 Å². The van der Waals surface area contributed by atoms with Gasteiger partial charge in [0.05, 0.1) is 18.6 Å². The third-order valence-corrected chi connectivity index (χ3v) is 5.68. The number of ether oxygens (including phenoxy) is 1. The normalized spacial score (nSPS) is 22.6. The summed E-state index contributed by atoms with van der Waals surface area (Å²) in [5.41, 5.74) is 3.89. The zero-order valence-electron chi connectivity index (χ0n) is 11.7. The highest BCUT2D eigenvalue weighted by Crippen LogP contribution is 2.25. The molecule has 1 aliphatic rings. The summed E-state index contributed by atoms with van der Waals surface area (Å²) in [7, 11) is -1.18. The number of hydrazine groups is 1. The molecule has 2 unspecified atom stereocenters. The maximum atomic E-state index is 11.5. The lowest BCUT2D eigenvalue weighted by molar-refractivity contribution is 0.387. The highest BCUT2D eigenvalue weighted by atomic mass is 32.2. The molecule has 0 aliphatic carbocycles. The summed E-state index contributed by atoms with van der Waals surface area (Å²) in [4.78, 5) is 0. The SMILES string of the molecule is COc1ccccc1CC(CC1CCS(=O)(=O)C1)NN. The summed E-state index contributed by atoms with van der Waals surface area (Å²) in [6, 6.07) is 7.88. The molecule has 2 rings (SSSR count). The summed E-state index contributed by atoms with van der Waals surface area (Å²) in [5, 5.41) is 0. The van der Waals surface area contributed by atoms with Gasteiger partial charge in [-0.1, -0.05) is 18.2 Å². The van der Waals surface area contributed by atoms with Crippen LogP contribution in [0.2, 0.25) is 0 Å². The molecule has 1 heterocycles. The van der Waals surface area contributed by atoms with Crippen molar-refractivity contribution in [1.82, 2.24) is 5.43 Å². The van der Waals surface area contributed by atoms with Gasteiger partial charge in [0.25, 0.3) is 0 Å². The minimum Gasteiger partial charge on any atom is -0.496 e. The first kappa shape index (κ1) is 15.3. The van der Waals surface area contributed by atoms with Crippen LogP contribution in [0.5, 0.6) is 5.75 Å². The summed E-state index contributed by atoms with van der Waals surface area (Å²) in [6.45, 7) is 0. The standard InChI is InChI=1S/C14H22N2O3S/c1-19-14-5-3-2-4-12(14)9-13(16-15)8-11-6-7-20(17,18)10-11/h2-5,11,13,16H,6-10,15H2,1H3. The van der Waals surface area contributed by atoms with Crippen molar-refractivity contribution >= 4 is 9.84 Å². The molecule has 5 nitrogen and oxygen atoms in total. The fourth-order valence-corrected chi connectivity index (χ4v) is 4.69. The molecule has 6 heteroatoms. The largest absolute Gasteiger partial charge is 0.496 e. The number of benzene rings is 1. The highest BCUT2D eigenvalue weighted by molar-refractivity contribution is 7.91. The zero-order valence-corrected chi connectivity index (χ0v) is 12.5. The number of hydrogen-bond acceptors (Lipinski definition) is 5. The number of para-hydroxylation sites is 1. The van der Waals surface area contributed by atoms with E-state index in [-0.39, 0.29) is 17.7 Å². The van der Waals surface area contributed by atoms with Gasteiger partial charge in [-0.2, -0.15) is 0 Å². The molecule has 20 heavy (non-hydrogen) atoms. The minimum atomic E-state index is -2.83. The molecule has 2 atom stereocenters. The van der Waals surface area contributed by atoms with Gasteiger partial charge in [-0.3, -0.25) is 11.3 Å². The average Bonchev–Trinajstić information content (AvgIpc) is 2.77. The first-order valence-electron chi connectivity index (χ1n) is 6.82. The fraction of sp³-hybridized carbons (Fsp3) is 0.571. The third kappa shape index (κ3) is 3.94. The first-order chi connectivity index (χ1) is 9.54. The van der Waals surface area contributed by atoms with Gasteiger partial charge in [-0.05, 0) is 36.8 Å². The van der Waals surface area contributed by atoms with E-state index in [1.54, 1.807) is 7.11 Å². The van der Waals surface area contributed by atoms with Gasteiger partial charge in [-0.15, -0.1) is 0 Å². The Morgan fingerprint density at radius 1 is 1.45 bits per heavy atom. The van der Waals surface area contributed by atoms with Crippen LogP contribution in [0.4, 0.5) is 0 Å². The molecule has 1 aromatic rings.